The van der Waals surface area contributed by atoms with Gasteiger partial charge in [-0.25, -0.2) is 4.39 Å². The van der Waals surface area contributed by atoms with Crippen LogP contribution in [0.2, 0.25) is 0 Å². The summed E-state index contributed by atoms with van der Waals surface area (Å²) in [6.45, 7) is 0. The second kappa shape index (κ2) is 5.43. The van der Waals surface area contributed by atoms with Crippen LogP contribution in [0.3, 0.4) is 0 Å². The maximum atomic E-state index is 12.9. The van der Waals surface area contributed by atoms with E-state index < -0.39 is 5.82 Å². The van der Waals surface area contributed by atoms with Crippen LogP contribution in [0.5, 0.6) is 0 Å². The summed E-state index contributed by atoms with van der Waals surface area (Å²) >= 11 is 1.94. The van der Waals surface area contributed by atoms with E-state index in [-0.39, 0.29) is 5.78 Å². The lowest BCUT2D eigenvalue weighted by molar-refractivity contribution is 0.0958. The van der Waals surface area contributed by atoms with Gasteiger partial charge in [-0.3, -0.25) is 9.78 Å². The second-order valence-electron chi connectivity index (χ2n) is 4.07. The van der Waals surface area contributed by atoms with Crippen LogP contribution >= 0.6 is 11.8 Å². The van der Waals surface area contributed by atoms with Crippen molar-refractivity contribution < 1.29 is 9.18 Å². The molecular formula is C12H14FNOS. The third kappa shape index (κ3) is 3.04. The van der Waals surface area contributed by atoms with Crippen LogP contribution in [0.15, 0.2) is 18.5 Å². The van der Waals surface area contributed by atoms with Crippen molar-refractivity contribution in [3.05, 3.63) is 29.8 Å². The number of carbonyl (C=O) groups is 1. The van der Waals surface area contributed by atoms with Gasteiger partial charge in [-0.15, -0.1) is 0 Å². The lowest BCUT2D eigenvalue weighted by Gasteiger charge is -2.20. The zero-order chi connectivity index (χ0) is 11.4. The first-order valence-corrected chi connectivity index (χ1v) is 6.62. The van der Waals surface area contributed by atoms with Crippen LogP contribution in [-0.2, 0) is 0 Å². The highest BCUT2D eigenvalue weighted by Crippen LogP contribution is 2.26. The molecule has 1 aliphatic heterocycles. The summed E-state index contributed by atoms with van der Waals surface area (Å²) in [5, 5.41) is 0. The number of aromatic nitrogens is 1. The molecule has 0 N–H and O–H groups in total. The summed E-state index contributed by atoms with van der Waals surface area (Å²) in [7, 11) is 0. The molecule has 0 unspecified atom stereocenters. The van der Waals surface area contributed by atoms with E-state index in [4.69, 9.17) is 0 Å². The molecule has 2 rings (SSSR count). The molecule has 86 valence electrons. The Bertz CT molecular complexity index is 377. The predicted molar refractivity (Wildman–Crippen MR) is 63.2 cm³/mol. The summed E-state index contributed by atoms with van der Waals surface area (Å²) in [5.41, 5.74) is 0.401. The van der Waals surface area contributed by atoms with Gasteiger partial charge in [0.25, 0.3) is 0 Å². The monoisotopic (exact) mass is 239 g/mol. The molecule has 0 radical (unpaired) electrons. The van der Waals surface area contributed by atoms with Gasteiger partial charge in [-0.1, -0.05) is 0 Å². The molecule has 0 saturated carbocycles. The molecule has 1 saturated heterocycles. The van der Waals surface area contributed by atoms with Gasteiger partial charge >= 0.3 is 0 Å². The molecule has 0 aliphatic carbocycles. The molecule has 1 aromatic heterocycles. The maximum absolute atomic E-state index is 12.9. The van der Waals surface area contributed by atoms with Crippen LogP contribution in [0.1, 0.15) is 29.6 Å². The molecular weight excluding hydrogens is 225 g/mol. The number of rotatable bonds is 3. The van der Waals surface area contributed by atoms with Crippen molar-refractivity contribution in [2.24, 2.45) is 5.92 Å². The van der Waals surface area contributed by atoms with Gasteiger partial charge in [-0.05, 0) is 36.3 Å². The van der Waals surface area contributed by atoms with E-state index in [1.165, 1.54) is 12.3 Å². The molecule has 0 aromatic carbocycles. The average Bonchev–Trinajstić information content (AvgIpc) is 2.30. The van der Waals surface area contributed by atoms with Gasteiger partial charge in [0.2, 0.25) is 0 Å². The normalized spacial score (nSPS) is 17.3. The van der Waals surface area contributed by atoms with Gasteiger partial charge in [-0.2, -0.15) is 11.8 Å². The van der Waals surface area contributed by atoms with E-state index in [1.807, 2.05) is 11.8 Å². The van der Waals surface area contributed by atoms with E-state index in [0.717, 1.165) is 30.5 Å². The molecule has 1 aliphatic rings. The minimum absolute atomic E-state index is 0.0175. The van der Waals surface area contributed by atoms with E-state index in [1.54, 1.807) is 0 Å². The smallest absolute Gasteiger partial charge is 0.164 e. The maximum Gasteiger partial charge on any atom is 0.164 e. The number of hydrogen-bond acceptors (Lipinski definition) is 3. The number of carbonyl (C=O) groups excluding carboxylic acids is 1. The second-order valence-corrected chi connectivity index (χ2v) is 5.30. The van der Waals surface area contributed by atoms with Crippen molar-refractivity contribution in [3.63, 3.8) is 0 Å². The molecule has 2 heterocycles. The zero-order valence-electron chi connectivity index (χ0n) is 8.99. The number of halogens is 1. The Labute approximate surface area is 98.6 Å². The zero-order valence-corrected chi connectivity index (χ0v) is 9.80. The number of hydrogen-bond donors (Lipinski definition) is 0. The Kier molecular flexibility index (Phi) is 3.93. The van der Waals surface area contributed by atoms with Gasteiger partial charge in [0, 0.05) is 18.2 Å². The highest BCUT2D eigenvalue weighted by atomic mass is 32.2. The third-order valence-corrected chi connectivity index (χ3v) is 3.89. The van der Waals surface area contributed by atoms with E-state index in [0.29, 0.717) is 17.9 Å². The van der Waals surface area contributed by atoms with Crippen molar-refractivity contribution in [2.75, 3.05) is 11.5 Å². The summed E-state index contributed by atoms with van der Waals surface area (Å²) < 4.78 is 12.9. The summed E-state index contributed by atoms with van der Waals surface area (Å²) in [5.74, 6) is 2.32. The Hall–Kier alpha value is -0.900. The number of pyridine rings is 1. The Morgan fingerprint density at radius 3 is 2.88 bits per heavy atom. The molecule has 0 atom stereocenters. The van der Waals surface area contributed by atoms with Crippen molar-refractivity contribution in [1.29, 1.82) is 0 Å². The van der Waals surface area contributed by atoms with Crippen molar-refractivity contribution in [1.82, 2.24) is 4.98 Å². The van der Waals surface area contributed by atoms with Crippen LogP contribution in [0.25, 0.3) is 0 Å². The van der Waals surface area contributed by atoms with Crippen LogP contribution in [0.4, 0.5) is 4.39 Å². The average molecular weight is 239 g/mol. The molecule has 1 fully saturated rings. The fourth-order valence-corrected chi connectivity index (χ4v) is 3.10. The standard InChI is InChI=1S/C12H14FNOS/c13-11-6-10(7-14-8-11)12(15)5-9-1-3-16-4-2-9/h6-9H,1-5H2. The SMILES string of the molecule is O=C(CC1CCSCC1)c1cncc(F)c1. The minimum Gasteiger partial charge on any atom is -0.294 e. The lowest BCUT2D eigenvalue weighted by atomic mass is 9.94. The molecule has 2 nitrogen and oxygen atoms in total. The predicted octanol–water partition coefficient (Wildman–Crippen LogP) is 2.94. The van der Waals surface area contributed by atoms with Crippen molar-refractivity contribution in [3.8, 4) is 0 Å². The van der Waals surface area contributed by atoms with Crippen LogP contribution in [0, 0.1) is 11.7 Å². The van der Waals surface area contributed by atoms with Gasteiger partial charge in [0.05, 0.1) is 6.20 Å². The van der Waals surface area contributed by atoms with E-state index >= 15 is 0 Å². The Morgan fingerprint density at radius 2 is 2.19 bits per heavy atom. The minimum atomic E-state index is -0.440. The number of thioether (sulfide) groups is 1. The Morgan fingerprint density at radius 1 is 1.44 bits per heavy atom. The number of ketones is 1. The molecule has 4 heteroatoms. The van der Waals surface area contributed by atoms with E-state index in [9.17, 15) is 9.18 Å². The molecule has 0 spiro atoms. The molecule has 0 bridgehead atoms. The molecule has 16 heavy (non-hydrogen) atoms. The number of Topliss-reactive ketones (excluding diaryl/α,β-unsaturated/α-hetero) is 1. The first kappa shape index (κ1) is 11.6. The first-order chi connectivity index (χ1) is 7.75. The Balaban J connectivity index is 1.97. The topological polar surface area (TPSA) is 30.0 Å². The molecule has 1 aromatic rings. The summed E-state index contributed by atoms with van der Waals surface area (Å²) in [6.07, 6.45) is 5.29. The van der Waals surface area contributed by atoms with Crippen LogP contribution < -0.4 is 0 Å². The molecule has 0 amide bonds. The summed E-state index contributed by atoms with van der Waals surface area (Å²) in [6, 6.07) is 1.27. The summed E-state index contributed by atoms with van der Waals surface area (Å²) in [4.78, 5) is 15.6. The fraction of sp³-hybridized carbons (Fsp3) is 0.500. The first-order valence-electron chi connectivity index (χ1n) is 5.47. The fourth-order valence-electron chi connectivity index (χ4n) is 1.89. The highest BCUT2D eigenvalue weighted by Gasteiger charge is 2.18. The third-order valence-electron chi connectivity index (χ3n) is 2.84. The van der Waals surface area contributed by atoms with Crippen LogP contribution in [-0.4, -0.2) is 22.3 Å². The van der Waals surface area contributed by atoms with Crippen molar-refractivity contribution in [2.45, 2.75) is 19.3 Å². The lowest BCUT2D eigenvalue weighted by Crippen LogP contribution is -2.14. The quantitative estimate of drug-likeness (QED) is 0.760. The largest absolute Gasteiger partial charge is 0.294 e. The van der Waals surface area contributed by atoms with Crippen molar-refractivity contribution >= 4 is 17.5 Å². The van der Waals surface area contributed by atoms with Gasteiger partial charge < -0.3 is 0 Å². The van der Waals surface area contributed by atoms with Gasteiger partial charge in [0.15, 0.2) is 5.78 Å². The number of nitrogens with zero attached hydrogens (tertiary/aromatic N) is 1. The van der Waals surface area contributed by atoms with Gasteiger partial charge in [0.1, 0.15) is 5.82 Å². The van der Waals surface area contributed by atoms with E-state index in [2.05, 4.69) is 4.98 Å². The highest BCUT2D eigenvalue weighted by molar-refractivity contribution is 7.99.